The van der Waals surface area contributed by atoms with Crippen molar-refractivity contribution in [3.05, 3.63) is 34.3 Å². The molecule has 0 radical (unpaired) electrons. The number of benzene rings is 1. The first-order valence-electron chi connectivity index (χ1n) is 3.99. The summed E-state index contributed by atoms with van der Waals surface area (Å²) in [6.45, 7) is 3.06. The normalized spacial score (nSPS) is 10.8. The molecule has 1 nitrogen and oxygen atoms in total. The maximum Gasteiger partial charge on any atom is 0.0408 e. The Bertz CT molecular complexity index is 269. The second-order valence-electron chi connectivity index (χ2n) is 3.31. The van der Waals surface area contributed by atoms with E-state index in [1.54, 1.807) is 0 Å². The van der Waals surface area contributed by atoms with E-state index in [2.05, 4.69) is 32.0 Å². The third-order valence-corrected chi connectivity index (χ3v) is 2.03. The van der Waals surface area contributed by atoms with Gasteiger partial charge in [0.25, 0.3) is 0 Å². The standard InChI is InChI=1S/C10H14ClN/c1-8-6-10(11)5-4-9(8)7-12(2)3/h4-6H,7H2,1-3H3. The van der Waals surface area contributed by atoms with Gasteiger partial charge in [0.2, 0.25) is 0 Å². The Morgan fingerprint density at radius 1 is 1.33 bits per heavy atom. The summed E-state index contributed by atoms with van der Waals surface area (Å²) >= 11 is 5.84. The van der Waals surface area contributed by atoms with Gasteiger partial charge in [0, 0.05) is 11.6 Å². The summed E-state index contributed by atoms with van der Waals surface area (Å²) < 4.78 is 0. The van der Waals surface area contributed by atoms with E-state index in [-0.39, 0.29) is 0 Å². The molecule has 0 saturated carbocycles. The zero-order valence-electron chi connectivity index (χ0n) is 7.76. The molecule has 0 N–H and O–H groups in total. The number of hydrogen-bond donors (Lipinski definition) is 0. The van der Waals surface area contributed by atoms with Crippen LogP contribution in [-0.4, -0.2) is 19.0 Å². The van der Waals surface area contributed by atoms with Crippen LogP contribution in [0, 0.1) is 6.92 Å². The Morgan fingerprint density at radius 3 is 2.50 bits per heavy atom. The van der Waals surface area contributed by atoms with Gasteiger partial charge in [0.05, 0.1) is 0 Å². The summed E-state index contributed by atoms with van der Waals surface area (Å²) in [6.07, 6.45) is 0. The molecule has 1 aromatic carbocycles. The molecule has 0 spiro atoms. The quantitative estimate of drug-likeness (QED) is 0.682. The highest BCUT2D eigenvalue weighted by Gasteiger charge is 1.99. The van der Waals surface area contributed by atoms with Crippen molar-refractivity contribution in [1.29, 1.82) is 0 Å². The summed E-state index contributed by atoms with van der Waals surface area (Å²) in [7, 11) is 4.13. The third-order valence-electron chi connectivity index (χ3n) is 1.79. The van der Waals surface area contributed by atoms with Crippen molar-refractivity contribution in [2.45, 2.75) is 13.5 Å². The highest BCUT2D eigenvalue weighted by Crippen LogP contribution is 2.15. The van der Waals surface area contributed by atoms with Crippen molar-refractivity contribution in [2.75, 3.05) is 14.1 Å². The molecule has 0 bridgehead atoms. The SMILES string of the molecule is Cc1cc(Cl)ccc1CN(C)C. The highest BCUT2D eigenvalue weighted by atomic mass is 35.5. The van der Waals surface area contributed by atoms with Crippen LogP contribution in [0.3, 0.4) is 0 Å². The first-order chi connectivity index (χ1) is 5.59. The Labute approximate surface area is 79.0 Å². The van der Waals surface area contributed by atoms with Crippen molar-refractivity contribution >= 4 is 11.6 Å². The Kier molecular flexibility index (Phi) is 3.12. The van der Waals surface area contributed by atoms with Crippen LogP contribution in [0.25, 0.3) is 0 Å². The van der Waals surface area contributed by atoms with Crippen molar-refractivity contribution in [3.8, 4) is 0 Å². The maximum absolute atomic E-state index is 5.84. The van der Waals surface area contributed by atoms with Crippen LogP contribution in [0.4, 0.5) is 0 Å². The van der Waals surface area contributed by atoms with Crippen molar-refractivity contribution < 1.29 is 0 Å². The molecule has 1 rings (SSSR count). The zero-order chi connectivity index (χ0) is 9.14. The monoisotopic (exact) mass is 183 g/mol. The molecule has 0 aliphatic rings. The molecule has 0 aliphatic heterocycles. The van der Waals surface area contributed by atoms with Crippen LogP contribution in [-0.2, 0) is 6.54 Å². The highest BCUT2D eigenvalue weighted by molar-refractivity contribution is 6.30. The van der Waals surface area contributed by atoms with E-state index in [1.165, 1.54) is 11.1 Å². The summed E-state index contributed by atoms with van der Waals surface area (Å²) in [5.74, 6) is 0. The molecule has 0 aliphatic carbocycles. The van der Waals surface area contributed by atoms with Crippen molar-refractivity contribution in [1.82, 2.24) is 4.90 Å². The number of nitrogens with zero attached hydrogens (tertiary/aromatic N) is 1. The van der Waals surface area contributed by atoms with E-state index in [1.807, 2.05) is 12.1 Å². The van der Waals surface area contributed by atoms with Crippen LogP contribution < -0.4 is 0 Å². The van der Waals surface area contributed by atoms with Crippen molar-refractivity contribution in [3.63, 3.8) is 0 Å². The average molecular weight is 184 g/mol. The first kappa shape index (κ1) is 9.56. The third kappa shape index (κ3) is 2.50. The summed E-state index contributed by atoms with van der Waals surface area (Å²) in [5.41, 5.74) is 2.60. The number of hydrogen-bond acceptors (Lipinski definition) is 1. The summed E-state index contributed by atoms with van der Waals surface area (Å²) in [5, 5.41) is 0.815. The van der Waals surface area contributed by atoms with Gasteiger partial charge >= 0.3 is 0 Å². The predicted octanol–water partition coefficient (Wildman–Crippen LogP) is 2.71. The topological polar surface area (TPSA) is 3.24 Å². The van der Waals surface area contributed by atoms with Crippen LogP contribution in [0.15, 0.2) is 18.2 Å². The minimum Gasteiger partial charge on any atom is -0.305 e. The van der Waals surface area contributed by atoms with Crippen molar-refractivity contribution in [2.24, 2.45) is 0 Å². The predicted molar refractivity (Wildman–Crippen MR) is 53.6 cm³/mol. The molecule has 0 unspecified atom stereocenters. The molecular formula is C10H14ClN. The fourth-order valence-corrected chi connectivity index (χ4v) is 1.40. The molecule has 0 fully saturated rings. The fraction of sp³-hybridized carbons (Fsp3) is 0.400. The molecule has 0 saturated heterocycles. The largest absolute Gasteiger partial charge is 0.305 e. The lowest BCUT2D eigenvalue weighted by Gasteiger charge is -2.11. The van der Waals surface area contributed by atoms with Crippen LogP contribution in [0.2, 0.25) is 5.02 Å². The molecular weight excluding hydrogens is 170 g/mol. The molecule has 0 aromatic heterocycles. The Balaban J connectivity index is 2.86. The van der Waals surface area contributed by atoms with E-state index < -0.39 is 0 Å². The van der Waals surface area contributed by atoms with E-state index in [0.29, 0.717) is 0 Å². The molecule has 1 aromatic rings. The van der Waals surface area contributed by atoms with Gasteiger partial charge in [-0.1, -0.05) is 17.7 Å². The zero-order valence-corrected chi connectivity index (χ0v) is 8.52. The Hall–Kier alpha value is -0.530. The molecule has 66 valence electrons. The van der Waals surface area contributed by atoms with E-state index in [9.17, 15) is 0 Å². The molecule has 0 heterocycles. The van der Waals surface area contributed by atoms with E-state index in [0.717, 1.165) is 11.6 Å². The lowest BCUT2D eigenvalue weighted by molar-refractivity contribution is 0.401. The van der Waals surface area contributed by atoms with Gasteiger partial charge < -0.3 is 4.90 Å². The number of aryl methyl sites for hydroxylation is 1. The fourth-order valence-electron chi connectivity index (χ4n) is 1.18. The van der Waals surface area contributed by atoms with Gasteiger partial charge in [0.1, 0.15) is 0 Å². The molecule has 2 heteroatoms. The van der Waals surface area contributed by atoms with Crippen LogP contribution in [0.1, 0.15) is 11.1 Å². The second kappa shape index (κ2) is 3.92. The molecule has 0 amide bonds. The molecule has 0 atom stereocenters. The minimum atomic E-state index is 0.815. The lowest BCUT2D eigenvalue weighted by atomic mass is 10.1. The average Bonchev–Trinajstić information content (AvgIpc) is 1.94. The second-order valence-corrected chi connectivity index (χ2v) is 3.75. The lowest BCUT2D eigenvalue weighted by Crippen LogP contribution is -2.11. The first-order valence-corrected chi connectivity index (χ1v) is 4.37. The maximum atomic E-state index is 5.84. The van der Waals surface area contributed by atoms with E-state index >= 15 is 0 Å². The summed E-state index contributed by atoms with van der Waals surface area (Å²) in [4.78, 5) is 2.15. The number of halogens is 1. The van der Waals surface area contributed by atoms with Gasteiger partial charge in [-0.25, -0.2) is 0 Å². The van der Waals surface area contributed by atoms with Gasteiger partial charge in [0.15, 0.2) is 0 Å². The smallest absolute Gasteiger partial charge is 0.0408 e. The van der Waals surface area contributed by atoms with Gasteiger partial charge in [-0.15, -0.1) is 0 Å². The molecule has 12 heavy (non-hydrogen) atoms. The number of rotatable bonds is 2. The minimum absolute atomic E-state index is 0.815. The van der Waals surface area contributed by atoms with Crippen LogP contribution in [0.5, 0.6) is 0 Å². The van der Waals surface area contributed by atoms with Gasteiger partial charge in [-0.2, -0.15) is 0 Å². The summed E-state index contributed by atoms with van der Waals surface area (Å²) in [6, 6.07) is 6.02. The van der Waals surface area contributed by atoms with Gasteiger partial charge in [-0.3, -0.25) is 0 Å². The van der Waals surface area contributed by atoms with Crippen LogP contribution >= 0.6 is 11.6 Å². The van der Waals surface area contributed by atoms with E-state index in [4.69, 9.17) is 11.6 Å². The Morgan fingerprint density at radius 2 is 2.00 bits per heavy atom. The van der Waals surface area contributed by atoms with Gasteiger partial charge in [-0.05, 0) is 44.3 Å².